The molecule has 3 N–H and O–H groups in total. The Morgan fingerprint density at radius 2 is 1.72 bits per heavy atom. The Hall–Kier alpha value is -1.58. The number of nitrogens with two attached hydrogens (primary N) is 1. The van der Waals surface area contributed by atoms with Crippen LogP contribution in [0.2, 0.25) is 0 Å². The fourth-order valence-electron chi connectivity index (χ4n) is 1.48. The Kier molecular flexibility index (Phi) is 3.70. The van der Waals surface area contributed by atoms with Gasteiger partial charge in [-0.3, -0.25) is 4.79 Å². The smallest absolute Gasteiger partial charge is 0.251 e. The molecular weight excluding hydrogens is 226 g/mol. The third-order valence-electron chi connectivity index (χ3n) is 2.36. The highest BCUT2D eigenvalue weighted by molar-refractivity contribution is 5.95. The molecule has 0 fully saturated rings. The number of rotatable bonds is 1. The summed E-state index contributed by atoms with van der Waals surface area (Å²) >= 11 is 0. The predicted octanol–water partition coefficient (Wildman–Crippen LogP) is 2.49. The van der Waals surface area contributed by atoms with Crippen LogP contribution in [0.5, 0.6) is 0 Å². The second-order valence-electron chi connectivity index (χ2n) is 6.62. The van der Waals surface area contributed by atoms with Crippen molar-refractivity contribution in [1.82, 2.24) is 10.3 Å². The lowest BCUT2D eigenvalue weighted by atomic mass is 9.90. The van der Waals surface area contributed by atoms with Crippen molar-refractivity contribution in [3.8, 4) is 0 Å². The van der Waals surface area contributed by atoms with E-state index in [-0.39, 0.29) is 16.9 Å². The minimum absolute atomic E-state index is 0.123. The Balaban J connectivity index is 3.11. The molecule has 100 valence electrons. The van der Waals surface area contributed by atoms with Gasteiger partial charge in [0.1, 0.15) is 5.82 Å². The molecule has 1 amide bonds. The molecule has 0 radical (unpaired) electrons. The number of nitrogens with zero attached hydrogens (tertiary/aromatic N) is 1. The summed E-state index contributed by atoms with van der Waals surface area (Å²) < 4.78 is 0. The van der Waals surface area contributed by atoms with Crippen molar-refractivity contribution in [2.75, 3.05) is 5.73 Å². The van der Waals surface area contributed by atoms with Gasteiger partial charge in [0.25, 0.3) is 5.91 Å². The van der Waals surface area contributed by atoms with Gasteiger partial charge in [-0.1, -0.05) is 20.8 Å². The molecular formula is C14H23N3O. The van der Waals surface area contributed by atoms with Crippen LogP contribution >= 0.6 is 0 Å². The average molecular weight is 249 g/mol. The Morgan fingerprint density at radius 1 is 1.17 bits per heavy atom. The normalized spacial score (nSPS) is 12.3. The zero-order valence-electron chi connectivity index (χ0n) is 12.1. The van der Waals surface area contributed by atoms with Crippen LogP contribution in [0.4, 0.5) is 5.82 Å². The summed E-state index contributed by atoms with van der Waals surface area (Å²) in [6.45, 7) is 12.0. The molecule has 4 heteroatoms. The van der Waals surface area contributed by atoms with E-state index in [1.165, 1.54) is 0 Å². The first-order chi connectivity index (χ1) is 7.99. The summed E-state index contributed by atoms with van der Waals surface area (Å²) in [5.41, 5.74) is 6.75. The minimum atomic E-state index is -0.267. The van der Waals surface area contributed by atoms with Gasteiger partial charge in [0, 0.05) is 22.2 Å². The topological polar surface area (TPSA) is 68.0 Å². The highest BCUT2D eigenvalue weighted by Gasteiger charge is 2.20. The molecule has 18 heavy (non-hydrogen) atoms. The summed E-state index contributed by atoms with van der Waals surface area (Å²) in [4.78, 5) is 16.4. The largest absolute Gasteiger partial charge is 0.384 e. The van der Waals surface area contributed by atoms with Gasteiger partial charge in [0.2, 0.25) is 0 Å². The van der Waals surface area contributed by atoms with E-state index in [0.29, 0.717) is 11.4 Å². The second kappa shape index (κ2) is 4.59. The van der Waals surface area contributed by atoms with Gasteiger partial charge in [-0.25, -0.2) is 4.98 Å². The summed E-state index contributed by atoms with van der Waals surface area (Å²) in [5.74, 6) is 0.253. The highest BCUT2D eigenvalue weighted by Crippen LogP contribution is 2.22. The van der Waals surface area contributed by atoms with E-state index in [1.807, 2.05) is 41.5 Å². The summed E-state index contributed by atoms with van der Waals surface area (Å²) in [5, 5.41) is 2.92. The van der Waals surface area contributed by atoms with Gasteiger partial charge >= 0.3 is 0 Å². The number of anilines is 1. The van der Waals surface area contributed by atoms with Gasteiger partial charge in [0.15, 0.2) is 0 Å². The maximum atomic E-state index is 12.1. The third kappa shape index (κ3) is 4.02. The van der Waals surface area contributed by atoms with Crippen LogP contribution < -0.4 is 11.1 Å². The van der Waals surface area contributed by atoms with E-state index < -0.39 is 0 Å². The zero-order valence-corrected chi connectivity index (χ0v) is 12.1. The molecule has 1 aromatic rings. The SMILES string of the molecule is CC(C)(C)NC(=O)c1cc(N)nc(C(C)(C)C)c1. The highest BCUT2D eigenvalue weighted by atomic mass is 16.1. The van der Waals surface area contributed by atoms with Crippen molar-refractivity contribution in [3.05, 3.63) is 23.4 Å². The maximum absolute atomic E-state index is 12.1. The molecule has 0 saturated heterocycles. The summed E-state index contributed by atoms with van der Waals surface area (Å²) in [7, 11) is 0. The first-order valence-corrected chi connectivity index (χ1v) is 6.09. The molecule has 1 aromatic heterocycles. The lowest BCUT2D eigenvalue weighted by molar-refractivity contribution is 0.0919. The van der Waals surface area contributed by atoms with Crippen LogP contribution in [0.1, 0.15) is 57.6 Å². The number of hydrogen-bond donors (Lipinski definition) is 2. The van der Waals surface area contributed by atoms with Crippen molar-refractivity contribution in [2.24, 2.45) is 0 Å². The number of carbonyl (C=O) groups excluding carboxylic acids is 1. The molecule has 0 aliphatic carbocycles. The van der Waals surface area contributed by atoms with Crippen LogP contribution in [-0.2, 0) is 5.41 Å². The lowest BCUT2D eigenvalue weighted by Gasteiger charge is -2.22. The Morgan fingerprint density at radius 3 is 2.17 bits per heavy atom. The van der Waals surface area contributed by atoms with Crippen LogP contribution in [0.3, 0.4) is 0 Å². The lowest BCUT2D eigenvalue weighted by Crippen LogP contribution is -2.40. The van der Waals surface area contributed by atoms with Gasteiger partial charge < -0.3 is 11.1 Å². The molecule has 0 saturated carbocycles. The number of pyridine rings is 1. The molecule has 1 rings (SSSR count). The second-order valence-corrected chi connectivity index (χ2v) is 6.62. The van der Waals surface area contributed by atoms with E-state index in [1.54, 1.807) is 12.1 Å². The average Bonchev–Trinajstić information content (AvgIpc) is 2.12. The van der Waals surface area contributed by atoms with Gasteiger partial charge in [0.05, 0.1) is 0 Å². The third-order valence-corrected chi connectivity index (χ3v) is 2.36. The van der Waals surface area contributed by atoms with Crippen molar-refractivity contribution < 1.29 is 4.79 Å². The number of nitrogens with one attached hydrogen (secondary N) is 1. The molecule has 1 heterocycles. The van der Waals surface area contributed by atoms with E-state index in [9.17, 15) is 4.79 Å². The van der Waals surface area contributed by atoms with Gasteiger partial charge in [-0.2, -0.15) is 0 Å². The van der Waals surface area contributed by atoms with E-state index in [4.69, 9.17) is 5.73 Å². The van der Waals surface area contributed by atoms with Crippen LogP contribution in [0.15, 0.2) is 12.1 Å². The molecule has 0 bridgehead atoms. The monoisotopic (exact) mass is 249 g/mol. The van der Waals surface area contributed by atoms with Crippen LogP contribution in [-0.4, -0.2) is 16.4 Å². The molecule has 0 spiro atoms. The number of hydrogen-bond acceptors (Lipinski definition) is 3. The Labute approximate surface area is 109 Å². The minimum Gasteiger partial charge on any atom is -0.384 e. The van der Waals surface area contributed by atoms with Crippen molar-refractivity contribution in [3.63, 3.8) is 0 Å². The van der Waals surface area contributed by atoms with Crippen molar-refractivity contribution in [2.45, 2.75) is 52.5 Å². The van der Waals surface area contributed by atoms with Gasteiger partial charge in [-0.05, 0) is 32.9 Å². The van der Waals surface area contributed by atoms with E-state index in [0.717, 1.165) is 5.69 Å². The predicted molar refractivity (Wildman–Crippen MR) is 74.6 cm³/mol. The molecule has 4 nitrogen and oxygen atoms in total. The van der Waals surface area contributed by atoms with Gasteiger partial charge in [-0.15, -0.1) is 0 Å². The number of aromatic nitrogens is 1. The number of nitrogen functional groups attached to an aromatic ring is 1. The maximum Gasteiger partial charge on any atom is 0.251 e. The molecule has 0 aliphatic rings. The van der Waals surface area contributed by atoms with Crippen LogP contribution in [0.25, 0.3) is 0 Å². The molecule has 0 aromatic carbocycles. The summed E-state index contributed by atoms with van der Waals surface area (Å²) in [6.07, 6.45) is 0. The first-order valence-electron chi connectivity index (χ1n) is 6.09. The quantitative estimate of drug-likeness (QED) is 0.803. The fraction of sp³-hybridized carbons (Fsp3) is 0.571. The first kappa shape index (κ1) is 14.5. The standard InChI is InChI=1S/C14H23N3O/c1-13(2,3)10-7-9(8-11(15)16-10)12(18)17-14(4,5)6/h7-8H,1-6H3,(H2,15,16)(H,17,18). The number of amides is 1. The van der Waals surface area contributed by atoms with Crippen LogP contribution in [0, 0.1) is 0 Å². The molecule has 0 aliphatic heterocycles. The van der Waals surface area contributed by atoms with Crippen molar-refractivity contribution in [1.29, 1.82) is 0 Å². The van der Waals surface area contributed by atoms with Crippen molar-refractivity contribution >= 4 is 11.7 Å². The van der Waals surface area contributed by atoms with E-state index >= 15 is 0 Å². The molecule has 0 unspecified atom stereocenters. The number of carbonyl (C=O) groups is 1. The molecule has 0 atom stereocenters. The Bertz CT molecular complexity index is 453. The summed E-state index contributed by atoms with van der Waals surface area (Å²) in [6, 6.07) is 3.41. The zero-order chi connectivity index (χ0) is 14.1. The van der Waals surface area contributed by atoms with E-state index in [2.05, 4.69) is 10.3 Å². The fourth-order valence-corrected chi connectivity index (χ4v) is 1.48.